The molecule has 2 N–H and O–H groups in total. The molecule has 2 fully saturated rings. The summed E-state index contributed by atoms with van der Waals surface area (Å²) in [6.07, 6.45) is 3.83. The Morgan fingerprint density at radius 2 is 1.93 bits per heavy atom. The van der Waals surface area contributed by atoms with Gasteiger partial charge in [0.1, 0.15) is 12.4 Å². The van der Waals surface area contributed by atoms with Gasteiger partial charge in [0.05, 0.1) is 11.1 Å². The van der Waals surface area contributed by atoms with Crippen molar-refractivity contribution in [1.82, 2.24) is 5.32 Å². The van der Waals surface area contributed by atoms with Crippen LogP contribution in [-0.4, -0.2) is 35.5 Å². The van der Waals surface area contributed by atoms with Crippen molar-refractivity contribution in [2.75, 3.05) is 11.4 Å². The smallest absolute Gasteiger partial charge is 0.303 e. The quantitative estimate of drug-likeness (QED) is 0.681. The predicted molar refractivity (Wildman–Crippen MR) is 110 cm³/mol. The SMILES string of the molecule is C[C@@H](CC(=O)O)C(NC(=O)CN1C(=O)C(C)(C)c2c1ccc(C1CC1)c2F)C1CC1. The molecule has 30 heavy (non-hydrogen) atoms. The molecule has 6 nitrogen and oxygen atoms in total. The summed E-state index contributed by atoms with van der Waals surface area (Å²) < 4.78 is 15.3. The van der Waals surface area contributed by atoms with Crippen LogP contribution >= 0.6 is 0 Å². The summed E-state index contributed by atoms with van der Waals surface area (Å²) in [7, 11) is 0. The van der Waals surface area contributed by atoms with E-state index in [0.29, 0.717) is 16.8 Å². The van der Waals surface area contributed by atoms with Gasteiger partial charge in [0.15, 0.2) is 0 Å². The van der Waals surface area contributed by atoms with E-state index in [1.54, 1.807) is 26.0 Å². The van der Waals surface area contributed by atoms with Crippen molar-refractivity contribution in [3.8, 4) is 0 Å². The van der Waals surface area contributed by atoms with Crippen molar-refractivity contribution in [2.24, 2.45) is 11.8 Å². The van der Waals surface area contributed by atoms with E-state index < -0.39 is 11.4 Å². The van der Waals surface area contributed by atoms with Crippen molar-refractivity contribution < 1.29 is 23.9 Å². The van der Waals surface area contributed by atoms with Crippen molar-refractivity contribution >= 4 is 23.5 Å². The Bertz CT molecular complexity index is 905. The average molecular weight is 416 g/mol. The number of aliphatic carboxylic acids is 1. The minimum Gasteiger partial charge on any atom is -0.481 e. The molecule has 0 saturated heterocycles. The van der Waals surface area contributed by atoms with Crippen LogP contribution < -0.4 is 10.2 Å². The Kier molecular flexibility index (Phi) is 5.11. The molecule has 0 bridgehead atoms. The lowest BCUT2D eigenvalue weighted by Crippen LogP contribution is -2.48. The van der Waals surface area contributed by atoms with E-state index >= 15 is 4.39 Å². The molecule has 1 aromatic carbocycles. The third-order valence-corrected chi connectivity index (χ3v) is 6.73. The first-order valence-corrected chi connectivity index (χ1v) is 10.8. The molecule has 0 aromatic heterocycles. The molecule has 2 amide bonds. The number of carbonyl (C=O) groups excluding carboxylic acids is 2. The molecule has 4 rings (SSSR count). The van der Waals surface area contributed by atoms with Crippen LogP contribution in [0.3, 0.4) is 0 Å². The summed E-state index contributed by atoms with van der Waals surface area (Å²) in [5.74, 6) is -1.53. The summed E-state index contributed by atoms with van der Waals surface area (Å²) in [6.45, 7) is 5.04. The Hall–Kier alpha value is -2.44. The number of rotatable bonds is 8. The zero-order valence-corrected chi connectivity index (χ0v) is 17.7. The Morgan fingerprint density at radius 1 is 1.27 bits per heavy atom. The van der Waals surface area contributed by atoms with E-state index in [2.05, 4.69) is 5.32 Å². The van der Waals surface area contributed by atoms with Crippen LogP contribution in [0, 0.1) is 17.7 Å². The highest BCUT2D eigenvalue weighted by molar-refractivity contribution is 6.10. The second-order valence-corrected chi connectivity index (χ2v) is 9.66. The van der Waals surface area contributed by atoms with Crippen LogP contribution in [0.1, 0.15) is 69.9 Å². The lowest BCUT2D eigenvalue weighted by molar-refractivity contribution is -0.138. The van der Waals surface area contributed by atoms with E-state index in [4.69, 9.17) is 5.11 Å². The normalized spacial score (nSPS) is 21.9. The van der Waals surface area contributed by atoms with Gasteiger partial charge in [0.25, 0.3) is 0 Å². The number of carboxylic acid groups (broad SMARTS) is 1. The Balaban J connectivity index is 1.53. The molecular formula is C23H29FN2O4. The van der Waals surface area contributed by atoms with Gasteiger partial charge in [-0.3, -0.25) is 14.4 Å². The molecule has 1 aromatic rings. The van der Waals surface area contributed by atoms with Crippen molar-refractivity contribution in [3.63, 3.8) is 0 Å². The van der Waals surface area contributed by atoms with Crippen LogP contribution in [0.2, 0.25) is 0 Å². The van der Waals surface area contributed by atoms with E-state index in [0.717, 1.165) is 25.7 Å². The highest BCUT2D eigenvalue weighted by atomic mass is 19.1. The molecule has 2 aliphatic carbocycles. The molecule has 162 valence electrons. The van der Waals surface area contributed by atoms with E-state index in [1.807, 2.05) is 6.92 Å². The van der Waals surface area contributed by atoms with Gasteiger partial charge < -0.3 is 15.3 Å². The number of hydrogen-bond acceptors (Lipinski definition) is 3. The number of nitrogens with zero attached hydrogens (tertiary/aromatic N) is 1. The Labute approximate surface area is 175 Å². The number of halogens is 1. The molecule has 0 radical (unpaired) electrons. The van der Waals surface area contributed by atoms with Crippen molar-refractivity contribution in [1.29, 1.82) is 0 Å². The van der Waals surface area contributed by atoms with Crippen LogP contribution in [-0.2, 0) is 19.8 Å². The number of anilines is 1. The van der Waals surface area contributed by atoms with Gasteiger partial charge in [-0.1, -0.05) is 13.0 Å². The number of hydrogen-bond donors (Lipinski definition) is 2. The summed E-state index contributed by atoms with van der Waals surface area (Å²) >= 11 is 0. The summed E-state index contributed by atoms with van der Waals surface area (Å²) in [4.78, 5) is 38.4. The van der Waals surface area contributed by atoms with E-state index in [9.17, 15) is 14.4 Å². The molecule has 1 heterocycles. The van der Waals surface area contributed by atoms with Gasteiger partial charge in [-0.25, -0.2) is 4.39 Å². The zero-order chi connectivity index (χ0) is 21.8. The first kappa shape index (κ1) is 20.8. The molecule has 2 saturated carbocycles. The molecular weight excluding hydrogens is 387 g/mol. The predicted octanol–water partition coefficient (Wildman–Crippen LogP) is 3.33. The summed E-state index contributed by atoms with van der Waals surface area (Å²) in [5.41, 5.74) is 0.473. The number of benzene rings is 1. The first-order valence-electron chi connectivity index (χ1n) is 10.8. The van der Waals surface area contributed by atoms with Gasteiger partial charge in [0.2, 0.25) is 11.8 Å². The van der Waals surface area contributed by atoms with Crippen LogP contribution in [0.25, 0.3) is 0 Å². The standard InChI is InChI=1S/C23H29FN2O4/c1-12(10-18(28)29)21(14-6-7-14)25-17(27)11-26-16-9-8-15(13-4-5-13)20(24)19(16)23(2,3)22(26)30/h8-9,12-14,21H,4-7,10-11H2,1-3H3,(H,25,27)(H,28,29)/t12-,21?/m0/s1. The highest BCUT2D eigenvalue weighted by Gasteiger charge is 2.48. The number of nitrogens with one attached hydrogen (secondary N) is 1. The minimum absolute atomic E-state index is 0.0187. The molecule has 1 aliphatic heterocycles. The molecule has 2 atom stereocenters. The lowest BCUT2D eigenvalue weighted by Gasteiger charge is -2.26. The lowest BCUT2D eigenvalue weighted by atomic mass is 9.84. The summed E-state index contributed by atoms with van der Waals surface area (Å²) in [6, 6.07) is 3.28. The fraction of sp³-hybridized carbons (Fsp3) is 0.609. The maximum absolute atomic E-state index is 15.3. The van der Waals surface area contributed by atoms with E-state index in [-0.39, 0.29) is 54.4 Å². The van der Waals surface area contributed by atoms with Crippen molar-refractivity contribution in [2.45, 2.75) is 70.3 Å². The van der Waals surface area contributed by atoms with Crippen molar-refractivity contribution in [3.05, 3.63) is 29.1 Å². The van der Waals surface area contributed by atoms with Gasteiger partial charge in [-0.2, -0.15) is 0 Å². The second kappa shape index (κ2) is 7.36. The first-order chi connectivity index (χ1) is 14.1. The molecule has 7 heteroatoms. The van der Waals surface area contributed by atoms with Gasteiger partial charge in [0, 0.05) is 18.0 Å². The van der Waals surface area contributed by atoms with Crippen LogP contribution in [0.4, 0.5) is 10.1 Å². The van der Waals surface area contributed by atoms with Gasteiger partial charge in [-0.05, 0) is 68.9 Å². The molecule has 3 aliphatic rings. The second-order valence-electron chi connectivity index (χ2n) is 9.66. The highest BCUT2D eigenvalue weighted by Crippen LogP contribution is 2.48. The average Bonchev–Trinajstić information content (AvgIpc) is 3.55. The fourth-order valence-corrected chi connectivity index (χ4v) is 4.78. The number of carboxylic acids is 1. The number of fused-ring (bicyclic) bond motifs is 1. The van der Waals surface area contributed by atoms with E-state index in [1.165, 1.54) is 4.90 Å². The van der Waals surface area contributed by atoms with Gasteiger partial charge >= 0.3 is 5.97 Å². The largest absolute Gasteiger partial charge is 0.481 e. The molecule has 0 spiro atoms. The van der Waals surface area contributed by atoms with Crippen LogP contribution in [0.5, 0.6) is 0 Å². The topological polar surface area (TPSA) is 86.7 Å². The number of amides is 2. The minimum atomic E-state index is -1.03. The number of carbonyl (C=O) groups is 3. The monoisotopic (exact) mass is 416 g/mol. The summed E-state index contributed by atoms with van der Waals surface area (Å²) in [5, 5.41) is 12.0. The third kappa shape index (κ3) is 3.70. The zero-order valence-electron chi connectivity index (χ0n) is 17.7. The van der Waals surface area contributed by atoms with Crippen LogP contribution in [0.15, 0.2) is 12.1 Å². The maximum atomic E-state index is 15.3. The fourth-order valence-electron chi connectivity index (χ4n) is 4.78. The third-order valence-electron chi connectivity index (χ3n) is 6.73. The maximum Gasteiger partial charge on any atom is 0.303 e. The van der Waals surface area contributed by atoms with Gasteiger partial charge in [-0.15, -0.1) is 0 Å². The Morgan fingerprint density at radius 3 is 2.50 bits per heavy atom. The molecule has 1 unspecified atom stereocenters.